The number of benzene rings is 2. The van der Waals surface area contributed by atoms with Crippen molar-refractivity contribution in [1.29, 1.82) is 0 Å². The van der Waals surface area contributed by atoms with E-state index in [0.29, 0.717) is 12.1 Å². The van der Waals surface area contributed by atoms with Crippen LogP contribution in [0.25, 0.3) is 0 Å². The minimum Gasteiger partial charge on any atom is -0.508 e. The van der Waals surface area contributed by atoms with Gasteiger partial charge < -0.3 is 20.6 Å². The molecule has 2 rings (SSSR count). The second-order valence-corrected chi connectivity index (χ2v) is 5.73. The molecule has 1 amide bonds. The number of phenolic OH excluding ortho intramolecular Hbond substituents is 3. The molecule has 4 N–H and O–H groups in total. The fourth-order valence-electron chi connectivity index (χ4n) is 2.46. The van der Waals surface area contributed by atoms with Crippen LogP contribution in [0.3, 0.4) is 0 Å². The zero-order valence-corrected chi connectivity index (χ0v) is 13.8. The van der Waals surface area contributed by atoms with Gasteiger partial charge in [0, 0.05) is 18.7 Å². The highest BCUT2D eigenvalue weighted by Crippen LogP contribution is 2.37. The summed E-state index contributed by atoms with van der Waals surface area (Å²) in [5, 5.41) is 30.5. The predicted molar refractivity (Wildman–Crippen MR) is 83.9 cm³/mol. The topological polar surface area (TPSA) is 89.8 Å². The molecule has 5 nitrogen and oxygen atoms in total. The lowest BCUT2D eigenvalue weighted by Gasteiger charge is -2.16. The SMILES string of the molecule is O=C(NCCc1ccc(C(F)(F)F)cc1C(F)(F)F)c1c(O)cc(O)cc1O. The molecule has 0 heterocycles. The van der Waals surface area contributed by atoms with Gasteiger partial charge in [-0.1, -0.05) is 6.07 Å². The van der Waals surface area contributed by atoms with E-state index in [1.165, 1.54) is 0 Å². The second-order valence-electron chi connectivity index (χ2n) is 5.73. The summed E-state index contributed by atoms with van der Waals surface area (Å²) in [5.41, 5.74) is -4.01. The molecule has 152 valence electrons. The number of carbonyl (C=O) groups excluding carboxylic acids is 1. The van der Waals surface area contributed by atoms with Crippen molar-refractivity contribution in [1.82, 2.24) is 5.32 Å². The van der Waals surface area contributed by atoms with Crippen LogP contribution in [0.15, 0.2) is 30.3 Å². The van der Waals surface area contributed by atoms with Crippen molar-refractivity contribution in [2.75, 3.05) is 6.54 Å². The normalized spacial score (nSPS) is 12.1. The van der Waals surface area contributed by atoms with Crippen LogP contribution in [0, 0.1) is 0 Å². The van der Waals surface area contributed by atoms with Crippen molar-refractivity contribution in [2.24, 2.45) is 0 Å². The fraction of sp³-hybridized carbons (Fsp3) is 0.235. The van der Waals surface area contributed by atoms with E-state index in [1.54, 1.807) is 0 Å². The quantitative estimate of drug-likeness (QED) is 0.578. The zero-order chi connectivity index (χ0) is 21.3. The number of rotatable bonds is 4. The van der Waals surface area contributed by atoms with E-state index in [0.717, 1.165) is 12.1 Å². The lowest BCUT2D eigenvalue weighted by atomic mass is 10.0. The van der Waals surface area contributed by atoms with Crippen molar-refractivity contribution < 1.29 is 46.5 Å². The van der Waals surface area contributed by atoms with Crippen LogP contribution in [0.2, 0.25) is 0 Å². The molecule has 0 aromatic heterocycles. The van der Waals surface area contributed by atoms with Crippen LogP contribution in [0.5, 0.6) is 17.2 Å². The molecule has 0 saturated heterocycles. The largest absolute Gasteiger partial charge is 0.508 e. The number of phenols is 3. The fourth-order valence-corrected chi connectivity index (χ4v) is 2.46. The molecule has 0 radical (unpaired) electrons. The summed E-state index contributed by atoms with van der Waals surface area (Å²) < 4.78 is 77.1. The molecule has 28 heavy (non-hydrogen) atoms. The van der Waals surface area contributed by atoms with E-state index >= 15 is 0 Å². The summed E-state index contributed by atoms with van der Waals surface area (Å²) in [6, 6.07) is 2.71. The van der Waals surface area contributed by atoms with Crippen LogP contribution in [-0.4, -0.2) is 27.8 Å². The van der Waals surface area contributed by atoms with Gasteiger partial charge in [-0.05, 0) is 24.1 Å². The molecule has 0 aliphatic carbocycles. The van der Waals surface area contributed by atoms with Crippen LogP contribution in [0.1, 0.15) is 27.0 Å². The summed E-state index contributed by atoms with van der Waals surface area (Å²) in [5.74, 6) is -3.09. The monoisotopic (exact) mass is 409 g/mol. The van der Waals surface area contributed by atoms with Gasteiger partial charge in [-0.15, -0.1) is 0 Å². The Hall–Kier alpha value is -3.11. The van der Waals surface area contributed by atoms with Gasteiger partial charge in [0.25, 0.3) is 5.91 Å². The molecule has 0 unspecified atom stereocenters. The lowest BCUT2D eigenvalue weighted by Crippen LogP contribution is -2.26. The molecule has 0 aliphatic rings. The maximum atomic E-state index is 13.1. The molecule has 0 atom stereocenters. The standard InChI is InChI=1S/C17H13F6NO4/c18-16(19,20)9-2-1-8(11(5-9)17(21,22)23)3-4-24-15(28)14-12(26)6-10(25)7-13(14)27/h1-2,5-7,25-27H,3-4H2,(H,24,28). The van der Waals surface area contributed by atoms with Crippen molar-refractivity contribution in [2.45, 2.75) is 18.8 Å². The Bertz CT molecular complexity index is 869. The first-order chi connectivity index (χ1) is 12.8. The van der Waals surface area contributed by atoms with Crippen molar-refractivity contribution in [3.05, 3.63) is 52.6 Å². The van der Waals surface area contributed by atoms with Gasteiger partial charge in [0.05, 0.1) is 11.1 Å². The average molecular weight is 409 g/mol. The van der Waals surface area contributed by atoms with Gasteiger partial charge >= 0.3 is 12.4 Å². The molecule has 0 bridgehead atoms. The summed E-state index contributed by atoms with van der Waals surface area (Å²) in [7, 11) is 0. The first-order valence-electron chi connectivity index (χ1n) is 7.61. The number of amides is 1. The zero-order valence-electron chi connectivity index (χ0n) is 13.8. The van der Waals surface area contributed by atoms with Gasteiger partial charge in [-0.25, -0.2) is 0 Å². The summed E-state index contributed by atoms with van der Waals surface area (Å²) in [6.45, 7) is -0.424. The minimum atomic E-state index is -5.03. The highest BCUT2D eigenvalue weighted by Gasteiger charge is 2.37. The highest BCUT2D eigenvalue weighted by atomic mass is 19.4. The van der Waals surface area contributed by atoms with Gasteiger partial charge in [0.1, 0.15) is 22.8 Å². The number of carbonyl (C=O) groups is 1. The number of hydrogen-bond acceptors (Lipinski definition) is 4. The Balaban J connectivity index is 2.18. The maximum Gasteiger partial charge on any atom is 0.416 e. The lowest BCUT2D eigenvalue weighted by molar-refractivity contribution is -0.143. The van der Waals surface area contributed by atoms with Crippen LogP contribution >= 0.6 is 0 Å². The Morgan fingerprint density at radius 2 is 1.46 bits per heavy atom. The average Bonchev–Trinajstić information content (AvgIpc) is 2.52. The molecule has 2 aromatic carbocycles. The third-order valence-corrected chi connectivity index (χ3v) is 3.73. The number of alkyl halides is 6. The third-order valence-electron chi connectivity index (χ3n) is 3.73. The second kappa shape index (κ2) is 7.49. The van der Waals surface area contributed by atoms with Crippen molar-refractivity contribution >= 4 is 5.91 Å². The van der Waals surface area contributed by atoms with Crippen LogP contribution < -0.4 is 5.32 Å². The molecule has 2 aromatic rings. The Kier molecular flexibility index (Phi) is 5.67. The van der Waals surface area contributed by atoms with Gasteiger partial charge in [0.2, 0.25) is 0 Å². The van der Waals surface area contributed by atoms with Crippen LogP contribution in [0.4, 0.5) is 26.3 Å². The first-order valence-corrected chi connectivity index (χ1v) is 7.61. The van der Waals surface area contributed by atoms with E-state index in [2.05, 4.69) is 5.32 Å². The highest BCUT2D eigenvalue weighted by molar-refractivity contribution is 5.99. The van der Waals surface area contributed by atoms with Gasteiger partial charge in [-0.3, -0.25) is 4.79 Å². The van der Waals surface area contributed by atoms with E-state index in [9.17, 15) is 46.5 Å². The molecular formula is C17H13F6NO4. The molecule has 11 heteroatoms. The van der Waals surface area contributed by atoms with E-state index in [4.69, 9.17) is 0 Å². The molecule has 0 saturated carbocycles. The van der Waals surface area contributed by atoms with Gasteiger partial charge in [0.15, 0.2) is 0 Å². The predicted octanol–water partition coefficient (Wildman–Crippen LogP) is 3.81. The van der Waals surface area contributed by atoms with E-state index in [1.807, 2.05) is 0 Å². The smallest absolute Gasteiger partial charge is 0.416 e. The summed E-state index contributed by atoms with van der Waals surface area (Å²) in [6.07, 6.45) is -10.4. The molecular weight excluding hydrogens is 396 g/mol. The molecule has 0 aliphatic heterocycles. The minimum absolute atomic E-state index is 0.00517. The maximum absolute atomic E-state index is 13.1. The summed E-state index contributed by atoms with van der Waals surface area (Å²) in [4.78, 5) is 12.0. The van der Waals surface area contributed by atoms with Gasteiger partial charge in [-0.2, -0.15) is 26.3 Å². The van der Waals surface area contributed by atoms with Crippen molar-refractivity contribution in [3.8, 4) is 17.2 Å². The first kappa shape index (κ1) is 21.2. The van der Waals surface area contributed by atoms with Crippen LogP contribution in [-0.2, 0) is 18.8 Å². The van der Waals surface area contributed by atoms with Crippen molar-refractivity contribution in [3.63, 3.8) is 0 Å². The van der Waals surface area contributed by atoms with E-state index in [-0.39, 0.29) is 6.07 Å². The number of aromatic hydroxyl groups is 3. The Morgan fingerprint density at radius 1 is 0.893 bits per heavy atom. The Morgan fingerprint density at radius 3 is 1.96 bits per heavy atom. The number of hydrogen-bond donors (Lipinski definition) is 4. The van der Waals surface area contributed by atoms with E-state index < -0.39 is 70.7 Å². The number of halogens is 6. The molecule has 0 fully saturated rings. The molecule has 0 spiro atoms. The number of nitrogens with one attached hydrogen (secondary N) is 1. The summed E-state index contributed by atoms with van der Waals surface area (Å²) >= 11 is 0. The third kappa shape index (κ3) is 4.78. The Labute approximate surface area is 153 Å².